The smallest absolute Gasteiger partial charge is 0.320 e. The Morgan fingerprint density at radius 2 is 2.64 bits per heavy atom. The van der Waals surface area contributed by atoms with E-state index >= 15 is 0 Å². The fourth-order valence-electron chi connectivity index (χ4n) is 0.530. The Bertz CT molecular complexity index is 220. The van der Waals surface area contributed by atoms with Crippen molar-refractivity contribution in [3.05, 3.63) is 29.0 Å². The van der Waals surface area contributed by atoms with Gasteiger partial charge in [0.25, 0.3) is 0 Å². The van der Waals surface area contributed by atoms with E-state index in [1.54, 1.807) is 0 Å². The van der Waals surface area contributed by atoms with Gasteiger partial charge in [0, 0.05) is 4.88 Å². The molecular formula is C7H8NO2S. The lowest BCUT2D eigenvalue weighted by atomic mass is 10.5. The first-order valence-corrected chi connectivity index (χ1v) is 3.97. The first kappa shape index (κ1) is 8.23. The molecule has 1 rings (SSSR count). The highest BCUT2D eigenvalue weighted by Gasteiger charge is 2.00. The standard InChI is InChI=1S/C7H8NO2S/c8-4-7(9)10-5-6-2-1-3-11-6/h1-3,5H,4,8H2. The number of esters is 1. The van der Waals surface area contributed by atoms with Gasteiger partial charge in [-0.3, -0.25) is 4.79 Å². The number of hydrogen-bond acceptors (Lipinski definition) is 4. The van der Waals surface area contributed by atoms with Gasteiger partial charge in [0.1, 0.15) is 0 Å². The van der Waals surface area contributed by atoms with Crippen molar-refractivity contribution in [2.24, 2.45) is 5.73 Å². The van der Waals surface area contributed by atoms with Crippen LogP contribution < -0.4 is 5.73 Å². The summed E-state index contributed by atoms with van der Waals surface area (Å²) in [4.78, 5) is 11.4. The SMILES string of the molecule is NCC(=O)O[CH]c1cccs1. The average Bonchev–Trinajstić information content (AvgIpc) is 2.52. The Morgan fingerprint density at radius 3 is 3.18 bits per heavy atom. The molecule has 0 fully saturated rings. The third kappa shape index (κ3) is 2.69. The van der Waals surface area contributed by atoms with Gasteiger partial charge in [0.15, 0.2) is 6.61 Å². The van der Waals surface area contributed by atoms with E-state index in [1.165, 1.54) is 17.9 Å². The van der Waals surface area contributed by atoms with E-state index in [0.717, 1.165) is 4.88 Å². The fraction of sp³-hybridized carbons (Fsp3) is 0.143. The summed E-state index contributed by atoms with van der Waals surface area (Å²) in [5.41, 5.74) is 5.02. The largest absolute Gasteiger partial charge is 0.451 e. The fourth-order valence-corrected chi connectivity index (χ4v) is 1.11. The highest BCUT2D eigenvalue weighted by molar-refractivity contribution is 7.10. The highest BCUT2D eigenvalue weighted by Crippen LogP contribution is 2.10. The molecule has 0 aliphatic carbocycles. The first-order valence-electron chi connectivity index (χ1n) is 3.09. The van der Waals surface area contributed by atoms with E-state index in [9.17, 15) is 4.79 Å². The summed E-state index contributed by atoms with van der Waals surface area (Å²) in [6.45, 7) is 1.32. The summed E-state index contributed by atoms with van der Waals surface area (Å²) in [5, 5.41) is 1.90. The maximum absolute atomic E-state index is 10.5. The van der Waals surface area contributed by atoms with Gasteiger partial charge >= 0.3 is 5.97 Å². The Balaban J connectivity index is 2.29. The molecule has 1 radical (unpaired) electrons. The zero-order valence-corrected chi connectivity index (χ0v) is 6.64. The van der Waals surface area contributed by atoms with Crippen molar-refractivity contribution in [3.63, 3.8) is 0 Å². The number of nitrogens with two attached hydrogens (primary N) is 1. The molecule has 59 valence electrons. The number of thiophene rings is 1. The molecule has 0 bridgehead atoms. The Labute approximate surface area is 68.8 Å². The highest BCUT2D eigenvalue weighted by atomic mass is 32.1. The van der Waals surface area contributed by atoms with Crippen LogP contribution in [0.3, 0.4) is 0 Å². The molecule has 0 atom stereocenters. The van der Waals surface area contributed by atoms with Crippen LogP contribution in [0, 0.1) is 6.61 Å². The maximum Gasteiger partial charge on any atom is 0.320 e. The molecule has 0 aromatic carbocycles. The van der Waals surface area contributed by atoms with Crippen molar-refractivity contribution < 1.29 is 9.53 Å². The summed E-state index contributed by atoms with van der Waals surface area (Å²) in [7, 11) is 0. The van der Waals surface area contributed by atoms with Gasteiger partial charge < -0.3 is 10.5 Å². The molecule has 0 saturated carbocycles. The third-order valence-electron chi connectivity index (χ3n) is 1.02. The van der Waals surface area contributed by atoms with Crippen LogP contribution in [0.2, 0.25) is 0 Å². The molecular weight excluding hydrogens is 162 g/mol. The third-order valence-corrected chi connectivity index (χ3v) is 1.81. The Morgan fingerprint density at radius 1 is 1.82 bits per heavy atom. The van der Waals surface area contributed by atoms with Crippen LogP contribution in [0.1, 0.15) is 4.88 Å². The monoisotopic (exact) mass is 170 g/mol. The Hall–Kier alpha value is -0.870. The van der Waals surface area contributed by atoms with Crippen LogP contribution >= 0.6 is 11.3 Å². The lowest BCUT2D eigenvalue weighted by Gasteiger charge is -1.97. The molecule has 0 saturated heterocycles. The predicted molar refractivity (Wildman–Crippen MR) is 42.9 cm³/mol. The molecule has 1 heterocycles. The van der Waals surface area contributed by atoms with Crippen LogP contribution in [0.25, 0.3) is 0 Å². The summed E-state index contributed by atoms with van der Waals surface area (Å²) < 4.78 is 4.66. The van der Waals surface area contributed by atoms with Crippen molar-refractivity contribution >= 4 is 17.3 Å². The zero-order chi connectivity index (χ0) is 8.10. The number of carbonyl (C=O) groups is 1. The van der Waals surface area contributed by atoms with Crippen molar-refractivity contribution in [2.75, 3.05) is 6.54 Å². The van der Waals surface area contributed by atoms with Gasteiger partial charge in [-0.2, -0.15) is 0 Å². The molecule has 0 aliphatic rings. The van der Waals surface area contributed by atoms with Crippen molar-refractivity contribution in [2.45, 2.75) is 0 Å². The van der Waals surface area contributed by atoms with Crippen LogP contribution in [0.4, 0.5) is 0 Å². The molecule has 2 N–H and O–H groups in total. The van der Waals surface area contributed by atoms with Crippen molar-refractivity contribution in [1.29, 1.82) is 0 Å². The van der Waals surface area contributed by atoms with Gasteiger partial charge in [-0.25, -0.2) is 0 Å². The minimum absolute atomic E-state index is 0.0815. The number of carbonyl (C=O) groups excluding carboxylic acids is 1. The minimum atomic E-state index is -0.418. The van der Waals surface area contributed by atoms with E-state index in [4.69, 9.17) is 5.73 Å². The average molecular weight is 170 g/mol. The van der Waals surface area contributed by atoms with Crippen molar-refractivity contribution in [1.82, 2.24) is 0 Å². The molecule has 3 nitrogen and oxygen atoms in total. The molecule has 4 heteroatoms. The van der Waals surface area contributed by atoms with Crippen LogP contribution in [0.5, 0.6) is 0 Å². The second-order valence-electron chi connectivity index (χ2n) is 1.83. The van der Waals surface area contributed by atoms with Crippen LogP contribution in [-0.2, 0) is 9.53 Å². The predicted octanol–water partition coefficient (Wildman–Crippen LogP) is 0.760. The molecule has 0 unspecified atom stereocenters. The molecule has 11 heavy (non-hydrogen) atoms. The van der Waals surface area contributed by atoms with Gasteiger partial charge in [-0.05, 0) is 11.4 Å². The van der Waals surface area contributed by atoms with Gasteiger partial charge in [-0.15, -0.1) is 11.3 Å². The van der Waals surface area contributed by atoms with E-state index in [-0.39, 0.29) is 6.54 Å². The normalized spacial score (nSPS) is 9.55. The molecule has 1 aromatic heterocycles. The number of ether oxygens (including phenoxy) is 1. The van der Waals surface area contributed by atoms with Crippen molar-refractivity contribution in [3.8, 4) is 0 Å². The summed E-state index contributed by atoms with van der Waals surface area (Å²) in [6, 6.07) is 3.74. The lowest BCUT2D eigenvalue weighted by molar-refractivity contribution is -0.137. The maximum atomic E-state index is 10.5. The topological polar surface area (TPSA) is 52.3 Å². The van der Waals surface area contributed by atoms with Gasteiger partial charge in [0.2, 0.25) is 0 Å². The minimum Gasteiger partial charge on any atom is -0.451 e. The van der Waals surface area contributed by atoms with E-state index in [2.05, 4.69) is 4.74 Å². The quantitative estimate of drug-likeness (QED) is 0.681. The Kier molecular flexibility index (Phi) is 3.07. The summed E-state index contributed by atoms with van der Waals surface area (Å²) in [6.07, 6.45) is 0. The molecule has 0 spiro atoms. The zero-order valence-electron chi connectivity index (χ0n) is 5.82. The van der Waals surface area contributed by atoms with E-state index in [1.807, 2.05) is 17.5 Å². The van der Waals surface area contributed by atoms with E-state index in [0.29, 0.717) is 0 Å². The molecule has 0 aliphatic heterocycles. The second-order valence-corrected chi connectivity index (χ2v) is 2.81. The molecule has 1 aromatic rings. The number of hydrogen-bond donors (Lipinski definition) is 1. The lowest BCUT2D eigenvalue weighted by Crippen LogP contribution is -2.15. The summed E-state index contributed by atoms with van der Waals surface area (Å²) >= 11 is 1.50. The summed E-state index contributed by atoms with van der Waals surface area (Å²) in [5.74, 6) is -0.418. The van der Waals surface area contributed by atoms with Crippen LogP contribution in [-0.4, -0.2) is 12.5 Å². The van der Waals surface area contributed by atoms with Gasteiger partial charge in [0.05, 0.1) is 6.54 Å². The van der Waals surface area contributed by atoms with Crippen LogP contribution in [0.15, 0.2) is 17.5 Å². The number of rotatable bonds is 3. The first-order chi connectivity index (χ1) is 5.33. The van der Waals surface area contributed by atoms with E-state index < -0.39 is 5.97 Å². The second kappa shape index (κ2) is 4.10. The van der Waals surface area contributed by atoms with Gasteiger partial charge in [-0.1, -0.05) is 6.07 Å². The molecule has 0 amide bonds.